The quantitative estimate of drug-likeness (QED) is 0.429. The van der Waals surface area contributed by atoms with E-state index in [0.29, 0.717) is 0 Å². The normalized spacial score (nSPS) is 16.6. The van der Waals surface area contributed by atoms with Gasteiger partial charge in [0.15, 0.2) is 0 Å². The van der Waals surface area contributed by atoms with E-state index in [-0.39, 0.29) is 11.7 Å². The number of likely N-dealkylation sites (tertiary alicyclic amines) is 1. The van der Waals surface area contributed by atoms with Crippen LogP contribution in [0.15, 0.2) is 70.7 Å². The number of hydrogen-bond donors (Lipinski definition) is 1. The fraction of sp³-hybridized carbons (Fsp3) is 0.360. The van der Waals surface area contributed by atoms with Crippen molar-refractivity contribution < 1.29 is 0 Å². The molecule has 2 heterocycles. The Bertz CT molecular complexity index is 1050. The van der Waals surface area contributed by atoms with Gasteiger partial charge in [-0.2, -0.15) is 0 Å². The zero-order valence-corrected chi connectivity index (χ0v) is 17.2. The van der Waals surface area contributed by atoms with Crippen molar-refractivity contribution in [3.05, 3.63) is 76.4 Å². The topological polar surface area (TPSA) is 41.0 Å². The molecule has 0 aliphatic carbocycles. The summed E-state index contributed by atoms with van der Waals surface area (Å²) in [7, 11) is 0. The SMILES string of the molecule is C#C/C(=C\C=C(/C=C=C)CN1CCC(n2c(=O)[nH]c3ccccc32)CC1)CCC. The summed E-state index contributed by atoms with van der Waals surface area (Å²) in [5, 5.41) is 0. The van der Waals surface area contributed by atoms with Crippen LogP contribution >= 0.6 is 0 Å². The smallest absolute Gasteiger partial charge is 0.306 e. The molecule has 3 rings (SSSR count). The monoisotopic (exact) mass is 387 g/mol. The number of allylic oxidation sites excluding steroid dienone is 3. The van der Waals surface area contributed by atoms with Gasteiger partial charge in [0.25, 0.3) is 0 Å². The maximum Gasteiger partial charge on any atom is 0.326 e. The Balaban J connectivity index is 1.68. The van der Waals surface area contributed by atoms with E-state index in [1.807, 2.05) is 41.0 Å². The fourth-order valence-electron chi connectivity index (χ4n) is 3.99. The number of benzene rings is 1. The van der Waals surface area contributed by atoms with Gasteiger partial charge in [-0.1, -0.05) is 50.1 Å². The van der Waals surface area contributed by atoms with Crippen LogP contribution in [0, 0.1) is 12.3 Å². The first-order valence-electron chi connectivity index (χ1n) is 10.3. The molecule has 0 bridgehead atoms. The van der Waals surface area contributed by atoms with Crippen molar-refractivity contribution in [3.63, 3.8) is 0 Å². The molecular weight excluding hydrogens is 358 g/mol. The van der Waals surface area contributed by atoms with Crippen molar-refractivity contribution in [3.8, 4) is 12.3 Å². The Morgan fingerprint density at radius 3 is 2.76 bits per heavy atom. The predicted octanol–water partition coefficient (Wildman–Crippen LogP) is 4.59. The highest BCUT2D eigenvalue weighted by Crippen LogP contribution is 2.25. The van der Waals surface area contributed by atoms with Gasteiger partial charge in [-0.3, -0.25) is 9.47 Å². The molecule has 1 aliphatic heterocycles. The molecular formula is C25H29N3O. The number of hydrogen-bond acceptors (Lipinski definition) is 2. The molecule has 0 atom stereocenters. The van der Waals surface area contributed by atoms with Crippen LogP contribution in [0.2, 0.25) is 0 Å². The second-order valence-corrected chi connectivity index (χ2v) is 7.50. The lowest BCUT2D eigenvalue weighted by Gasteiger charge is -2.32. The van der Waals surface area contributed by atoms with Gasteiger partial charge in [0.05, 0.1) is 11.0 Å². The number of aromatic nitrogens is 2. The zero-order chi connectivity index (χ0) is 20.6. The van der Waals surface area contributed by atoms with Gasteiger partial charge in [-0.15, -0.1) is 12.2 Å². The molecule has 0 amide bonds. The Morgan fingerprint density at radius 1 is 1.31 bits per heavy atom. The van der Waals surface area contributed by atoms with Crippen LogP contribution in [0.5, 0.6) is 0 Å². The predicted molar refractivity (Wildman–Crippen MR) is 121 cm³/mol. The highest BCUT2D eigenvalue weighted by molar-refractivity contribution is 5.75. The van der Waals surface area contributed by atoms with Crippen LogP contribution in [-0.4, -0.2) is 34.1 Å². The Kier molecular flexibility index (Phi) is 7.14. The molecule has 1 saturated heterocycles. The van der Waals surface area contributed by atoms with Crippen molar-refractivity contribution in [2.24, 2.45) is 0 Å². The highest BCUT2D eigenvalue weighted by Gasteiger charge is 2.23. The maximum absolute atomic E-state index is 12.5. The average Bonchev–Trinajstić information content (AvgIpc) is 3.07. The largest absolute Gasteiger partial charge is 0.326 e. The van der Waals surface area contributed by atoms with Crippen LogP contribution in [0.3, 0.4) is 0 Å². The van der Waals surface area contributed by atoms with Gasteiger partial charge in [0, 0.05) is 31.2 Å². The van der Waals surface area contributed by atoms with Crippen molar-refractivity contribution in [2.75, 3.05) is 19.6 Å². The number of fused-ring (bicyclic) bond motifs is 1. The summed E-state index contributed by atoms with van der Waals surface area (Å²) in [6.07, 6.45) is 15.5. The van der Waals surface area contributed by atoms with Gasteiger partial charge in [-0.25, -0.2) is 4.79 Å². The number of H-pyrrole nitrogens is 1. The molecule has 2 aromatic rings. The lowest BCUT2D eigenvalue weighted by molar-refractivity contribution is 0.201. The van der Waals surface area contributed by atoms with Gasteiger partial charge >= 0.3 is 5.69 Å². The number of terminal acetylenes is 1. The first-order valence-corrected chi connectivity index (χ1v) is 10.3. The molecule has 1 aromatic heterocycles. The van der Waals surface area contributed by atoms with Crippen molar-refractivity contribution in [2.45, 2.75) is 38.6 Å². The number of imidazole rings is 1. The second kappa shape index (κ2) is 9.98. The van der Waals surface area contributed by atoms with E-state index in [0.717, 1.165) is 67.5 Å². The summed E-state index contributed by atoms with van der Waals surface area (Å²) in [6.45, 7) is 8.57. The van der Waals surface area contributed by atoms with E-state index in [1.54, 1.807) is 0 Å². The van der Waals surface area contributed by atoms with E-state index in [4.69, 9.17) is 6.42 Å². The molecule has 1 N–H and O–H groups in total. The van der Waals surface area contributed by atoms with Crippen molar-refractivity contribution in [1.29, 1.82) is 0 Å². The van der Waals surface area contributed by atoms with Gasteiger partial charge in [0.2, 0.25) is 0 Å². The zero-order valence-electron chi connectivity index (χ0n) is 17.2. The lowest BCUT2D eigenvalue weighted by Crippen LogP contribution is -2.37. The molecule has 4 heteroatoms. The number of piperidine rings is 1. The van der Waals surface area contributed by atoms with E-state index in [9.17, 15) is 4.79 Å². The maximum atomic E-state index is 12.5. The minimum atomic E-state index is -0.0114. The number of nitrogens with one attached hydrogen (secondary N) is 1. The molecule has 29 heavy (non-hydrogen) atoms. The number of nitrogens with zero attached hydrogens (tertiary/aromatic N) is 2. The molecule has 1 fully saturated rings. The first-order chi connectivity index (χ1) is 14.2. The van der Waals surface area contributed by atoms with Crippen molar-refractivity contribution in [1.82, 2.24) is 14.5 Å². The minimum absolute atomic E-state index is 0.0114. The molecule has 1 aliphatic rings. The van der Waals surface area contributed by atoms with Crippen molar-refractivity contribution >= 4 is 11.0 Å². The molecule has 0 unspecified atom stereocenters. The lowest BCUT2D eigenvalue weighted by atomic mass is 10.0. The third kappa shape index (κ3) is 5.09. The molecule has 1 aromatic carbocycles. The number of aromatic amines is 1. The highest BCUT2D eigenvalue weighted by atomic mass is 16.1. The fourth-order valence-corrected chi connectivity index (χ4v) is 3.99. The summed E-state index contributed by atoms with van der Waals surface area (Å²) in [6, 6.07) is 8.14. The summed E-state index contributed by atoms with van der Waals surface area (Å²) < 4.78 is 1.93. The van der Waals surface area contributed by atoms with E-state index < -0.39 is 0 Å². The van der Waals surface area contributed by atoms with E-state index in [1.165, 1.54) is 0 Å². The standard InChI is InChI=1S/C25H29N3O/c1-4-9-20(6-3)13-14-21(10-5-2)19-27-17-15-22(16-18-27)28-24-12-8-7-11-23(24)26-25(28)29/h3,7-8,10-14,22H,2,4,9,15-19H2,1H3,(H,26,29)/b20-13+,21-14+. The van der Waals surface area contributed by atoms with Crippen LogP contribution in [0.1, 0.15) is 38.6 Å². The van der Waals surface area contributed by atoms with Gasteiger partial charge < -0.3 is 4.98 Å². The third-order valence-corrected chi connectivity index (χ3v) is 5.44. The van der Waals surface area contributed by atoms with Crippen LogP contribution in [-0.2, 0) is 0 Å². The van der Waals surface area contributed by atoms with Crippen LogP contribution < -0.4 is 5.69 Å². The molecule has 0 spiro atoms. The first kappa shape index (κ1) is 20.7. The minimum Gasteiger partial charge on any atom is -0.306 e. The van der Waals surface area contributed by atoms with Crippen LogP contribution in [0.4, 0.5) is 0 Å². The third-order valence-electron chi connectivity index (χ3n) is 5.44. The van der Waals surface area contributed by atoms with Gasteiger partial charge in [-0.05, 0) is 43.0 Å². The number of para-hydroxylation sites is 2. The van der Waals surface area contributed by atoms with Gasteiger partial charge in [0.1, 0.15) is 0 Å². The summed E-state index contributed by atoms with van der Waals surface area (Å²) >= 11 is 0. The molecule has 0 radical (unpaired) electrons. The molecule has 0 saturated carbocycles. The van der Waals surface area contributed by atoms with Crippen LogP contribution in [0.25, 0.3) is 11.0 Å². The Morgan fingerprint density at radius 2 is 2.07 bits per heavy atom. The second-order valence-electron chi connectivity index (χ2n) is 7.50. The average molecular weight is 388 g/mol. The summed E-state index contributed by atoms with van der Waals surface area (Å²) in [4.78, 5) is 17.8. The van der Waals surface area contributed by atoms with E-state index in [2.05, 4.69) is 41.1 Å². The Hall–Kier alpha value is -2.99. The summed E-state index contributed by atoms with van der Waals surface area (Å²) in [5.41, 5.74) is 6.94. The molecule has 150 valence electrons. The van der Waals surface area contributed by atoms with E-state index >= 15 is 0 Å². The number of rotatable bonds is 7. The molecule has 4 nitrogen and oxygen atoms in total. The Labute approximate surface area is 172 Å². The summed E-state index contributed by atoms with van der Waals surface area (Å²) in [5.74, 6) is 2.76.